The summed E-state index contributed by atoms with van der Waals surface area (Å²) in [5.41, 5.74) is 0.353. The lowest BCUT2D eigenvalue weighted by Crippen LogP contribution is -2.39. The van der Waals surface area contributed by atoms with Gasteiger partial charge in [-0.25, -0.2) is 0 Å². The van der Waals surface area contributed by atoms with Gasteiger partial charge in [0.25, 0.3) is 0 Å². The molecule has 0 aliphatic heterocycles. The molecular weight excluding hydrogens is 250 g/mol. The summed E-state index contributed by atoms with van der Waals surface area (Å²) in [5.74, 6) is 0.869. The van der Waals surface area contributed by atoms with E-state index in [9.17, 15) is 5.11 Å². The third-order valence-electron chi connectivity index (χ3n) is 4.07. The first-order valence-electron chi connectivity index (χ1n) is 7.76. The highest BCUT2D eigenvalue weighted by atomic mass is 16.5. The van der Waals surface area contributed by atoms with E-state index in [1.165, 1.54) is 0 Å². The summed E-state index contributed by atoms with van der Waals surface area (Å²) in [6.45, 7) is 7.17. The first-order valence-corrected chi connectivity index (χ1v) is 7.76. The Morgan fingerprint density at radius 1 is 1.25 bits per heavy atom. The molecule has 3 heteroatoms. The molecule has 0 amide bonds. The summed E-state index contributed by atoms with van der Waals surface area (Å²) in [7, 11) is 0. The predicted molar refractivity (Wildman–Crippen MR) is 82.0 cm³/mol. The zero-order valence-corrected chi connectivity index (χ0v) is 12.9. The van der Waals surface area contributed by atoms with Gasteiger partial charge in [0.15, 0.2) is 0 Å². The smallest absolute Gasteiger partial charge is 0.119 e. The molecule has 20 heavy (non-hydrogen) atoms. The van der Waals surface area contributed by atoms with Crippen LogP contribution in [0.25, 0.3) is 0 Å². The molecule has 112 valence electrons. The van der Waals surface area contributed by atoms with Crippen LogP contribution in [0.4, 0.5) is 0 Å². The van der Waals surface area contributed by atoms with Gasteiger partial charge in [0.2, 0.25) is 0 Å². The van der Waals surface area contributed by atoms with Crippen LogP contribution < -0.4 is 10.1 Å². The van der Waals surface area contributed by atoms with E-state index in [0.29, 0.717) is 6.04 Å². The maximum atomic E-state index is 10.8. The molecule has 0 spiro atoms. The van der Waals surface area contributed by atoms with Crippen LogP contribution in [0.15, 0.2) is 24.3 Å². The fourth-order valence-corrected chi connectivity index (χ4v) is 2.99. The van der Waals surface area contributed by atoms with Crippen LogP contribution >= 0.6 is 0 Å². The van der Waals surface area contributed by atoms with E-state index in [4.69, 9.17) is 4.74 Å². The molecule has 0 unspecified atom stereocenters. The highest BCUT2D eigenvalue weighted by molar-refractivity contribution is 5.31. The number of ether oxygens (including phenoxy) is 1. The van der Waals surface area contributed by atoms with Crippen LogP contribution in [0, 0.1) is 0 Å². The van der Waals surface area contributed by atoms with Crippen LogP contribution in [-0.4, -0.2) is 23.8 Å². The topological polar surface area (TPSA) is 41.5 Å². The van der Waals surface area contributed by atoms with E-state index in [2.05, 4.69) is 12.2 Å². The van der Waals surface area contributed by atoms with Gasteiger partial charge in [-0.2, -0.15) is 0 Å². The number of rotatable bonds is 5. The van der Waals surface area contributed by atoms with E-state index in [0.717, 1.165) is 43.5 Å². The van der Waals surface area contributed by atoms with Crippen molar-refractivity contribution in [1.82, 2.24) is 5.32 Å². The van der Waals surface area contributed by atoms with Gasteiger partial charge in [0.05, 0.1) is 11.7 Å². The number of benzene rings is 1. The number of aliphatic hydroxyl groups is 1. The minimum absolute atomic E-state index is 0.180. The summed E-state index contributed by atoms with van der Waals surface area (Å²) in [6.07, 6.45) is 3.91. The lowest BCUT2D eigenvalue weighted by molar-refractivity contribution is -0.00819. The average Bonchev–Trinajstić information content (AvgIpc) is 2.42. The van der Waals surface area contributed by atoms with E-state index in [-0.39, 0.29) is 6.10 Å². The second-order valence-corrected chi connectivity index (χ2v) is 6.05. The van der Waals surface area contributed by atoms with Gasteiger partial charge in [0, 0.05) is 6.04 Å². The van der Waals surface area contributed by atoms with Crippen LogP contribution in [-0.2, 0) is 5.60 Å². The van der Waals surface area contributed by atoms with E-state index >= 15 is 0 Å². The molecule has 0 saturated heterocycles. The molecule has 0 aromatic heterocycles. The normalized spacial score (nSPS) is 26.8. The zero-order chi connectivity index (χ0) is 14.6. The van der Waals surface area contributed by atoms with Gasteiger partial charge in [-0.15, -0.1) is 0 Å². The monoisotopic (exact) mass is 277 g/mol. The Bertz CT molecular complexity index is 406. The summed E-state index contributed by atoms with van der Waals surface area (Å²) < 4.78 is 5.65. The molecule has 1 aliphatic carbocycles. The molecule has 0 atom stereocenters. The largest absolute Gasteiger partial charge is 0.491 e. The number of hydrogen-bond acceptors (Lipinski definition) is 3. The molecule has 2 N–H and O–H groups in total. The predicted octanol–water partition coefficient (Wildman–Crippen LogP) is 3.21. The van der Waals surface area contributed by atoms with Crippen molar-refractivity contribution in [3.63, 3.8) is 0 Å². The second kappa shape index (κ2) is 6.59. The van der Waals surface area contributed by atoms with Gasteiger partial charge in [-0.3, -0.25) is 0 Å². The standard InChI is InChI=1S/C17H27NO2/c1-4-18-15-9-11-17(19,12-10-15)14-5-7-16(8-6-14)20-13(2)3/h5-8,13,15,18-19H,4,9-12H2,1-3H3. The van der Waals surface area contributed by atoms with Crippen molar-refractivity contribution >= 4 is 0 Å². The molecule has 0 bridgehead atoms. The van der Waals surface area contributed by atoms with Crippen LogP contribution in [0.3, 0.4) is 0 Å². The molecule has 1 saturated carbocycles. The summed E-state index contributed by atoms with van der Waals surface area (Å²) in [5, 5.41) is 14.3. The summed E-state index contributed by atoms with van der Waals surface area (Å²) in [6, 6.07) is 8.49. The first-order chi connectivity index (χ1) is 9.53. The van der Waals surface area contributed by atoms with Crippen molar-refractivity contribution in [2.75, 3.05) is 6.54 Å². The SMILES string of the molecule is CCNC1CCC(O)(c2ccc(OC(C)C)cc2)CC1. The van der Waals surface area contributed by atoms with Gasteiger partial charge in [-0.05, 0) is 63.8 Å². The third kappa shape index (κ3) is 3.74. The Labute approximate surface area is 122 Å². The van der Waals surface area contributed by atoms with Gasteiger partial charge in [0.1, 0.15) is 5.75 Å². The Morgan fingerprint density at radius 3 is 2.35 bits per heavy atom. The van der Waals surface area contributed by atoms with Crippen molar-refractivity contribution in [1.29, 1.82) is 0 Å². The van der Waals surface area contributed by atoms with E-state index in [1.54, 1.807) is 0 Å². The quantitative estimate of drug-likeness (QED) is 0.868. The lowest BCUT2D eigenvalue weighted by Gasteiger charge is -2.36. The third-order valence-corrected chi connectivity index (χ3v) is 4.07. The van der Waals surface area contributed by atoms with E-state index < -0.39 is 5.60 Å². The molecule has 1 aromatic rings. The Balaban J connectivity index is 2.00. The lowest BCUT2D eigenvalue weighted by atomic mass is 9.78. The Hall–Kier alpha value is -1.06. The van der Waals surface area contributed by atoms with Crippen molar-refractivity contribution in [2.24, 2.45) is 0 Å². The second-order valence-electron chi connectivity index (χ2n) is 6.05. The minimum Gasteiger partial charge on any atom is -0.491 e. The van der Waals surface area contributed by atoms with Crippen molar-refractivity contribution in [2.45, 2.75) is 64.2 Å². The molecule has 2 rings (SSSR count). The van der Waals surface area contributed by atoms with Gasteiger partial charge in [-0.1, -0.05) is 19.1 Å². The van der Waals surface area contributed by atoms with Crippen molar-refractivity contribution < 1.29 is 9.84 Å². The molecular formula is C17H27NO2. The Morgan fingerprint density at radius 2 is 1.85 bits per heavy atom. The molecule has 0 heterocycles. The fourth-order valence-electron chi connectivity index (χ4n) is 2.99. The van der Waals surface area contributed by atoms with E-state index in [1.807, 2.05) is 38.1 Å². The van der Waals surface area contributed by atoms with Crippen LogP contribution in [0.2, 0.25) is 0 Å². The van der Waals surface area contributed by atoms with Crippen LogP contribution in [0.5, 0.6) is 5.75 Å². The van der Waals surface area contributed by atoms with Crippen LogP contribution in [0.1, 0.15) is 52.0 Å². The highest BCUT2D eigenvalue weighted by Crippen LogP contribution is 2.37. The summed E-state index contributed by atoms with van der Waals surface area (Å²) in [4.78, 5) is 0. The minimum atomic E-state index is -0.664. The maximum absolute atomic E-state index is 10.8. The fraction of sp³-hybridized carbons (Fsp3) is 0.647. The van der Waals surface area contributed by atoms with Gasteiger partial charge >= 0.3 is 0 Å². The Kier molecular flexibility index (Phi) is 5.06. The van der Waals surface area contributed by atoms with Crippen molar-refractivity contribution in [3.05, 3.63) is 29.8 Å². The maximum Gasteiger partial charge on any atom is 0.119 e. The summed E-state index contributed by atoms with van der Waals surface area (Å²) >= 11 is 0. The molecule has 1 aromatic carbocycles. The van der Waals surface area contributed by atoms with Crippen molar-refractivity contribution in [3.8, 4) is 5.75 Å². The zero-order valence-electron chi connectivity index (χ0n) is 12.9. The number of nitrogens with one attached hydrogen (secondary N) is 1. The average molecular weight is 277 g/mol. The molecule has 0 radical (unpaired) electrons. The molecule has 3 nitrogen and oxygen atoms in total. The number of hydrogen-bond donors (Lipinski definition) is 2. The molecule has 1 aliphatic rings. The first kappa shape index (κ1) is 15.3. The van der Waals surface area contributed by atoms with Gasteiger partial charge < -0.3 is 15.2 Å². The molecule has 1 fully saturated rings. The highest BCUT2D eigenvalue weighted by Gasteiger charge is 2.34.